The van der Waals surface area contributed by atoms with E-state index >= 15 is 0 Å². The number of non-ortho nitro benzene ring substituents is 1. The van der Waals surface area contributed by atoms with Crippen molar-refractivity contribution in [2.24, 2.45) is 5.92 Å². The van der Waals surface area contributed by atoms with Crippen LogP contribution in [0.3, 0.4) is 0 Å². The van der Waals surface area contributed by atoms with Crippen LogP contribution in [0, 0.1) is 16.0 Å². The summed E-state index contributed by atoms with van der Waals surface area (Å²) in [6.45, 7) is 0. The number of nitro benzene ring substituents is 1. The van der Waals surface area contributed by atoms with Gasteiger partial charge in [-0.2, -0.15) is 0 Å². The van der Waals surface area contributed by atoms with Crippen LogP contribution in [-0.4, -0.2) is 10.7 Å². The van der Waals surface area contributed by atoms with Crippen LogP contribution in [0.4, 0.5) is 11.4 Å². The van der Waals surface area contributed by atoms with Crippen LogP contribution in [0.15, 0.2) is 78.9 Å². The monoisotopic (exact) mass is 430 g/mol. The van der Waals surface area contributed by atoms with Gasteiger partial charge in [0.15, 0.2) is 5.78 Å². The first-order valence-electron chi connectivity index (χ1n) is 10.1. The Morgan fingerprint density at radius 1 is 1.06 bits per heavy atom. The average molecular weight is 431 g/mol. The van der Waals surface area contributed by atoms with Crippen molar-refractivity contribution >= 4 is 28.8 Å². The number of nitrogens with one attached hydrogen (secondary N) is 1. The van der Waals surface area contributed by atoms with Crippen molar-refractivity contribution in [3.63, 3.8) is 0 Å². The molecule has 0 saturated carbocycles. The van der Waals surface area contributed by atoms with E-state index in [1.54, 1.807) is 30.3 Å². The fraction of sp³-hybridized carbons (Fsp3) is 0.160. The number of benzene rings is 3. The summed E-state index contributed by atoms with van der Waals surface area (Å²) in [4.78, 5) is 24.3. The predicted octanol–water partition coefficient (Wildman–Crippen LogP) is 6.31. The lowest BCUT2D eigenvalue weighted by Crippen LogP contribution is -2.30. The smallest absolute Gasteiger partial charge is 0.269 e. The molecule has 3 aromatic rings. The molecule has 0 bridgehead atoms. The second kappa shape index (κ2) is 7.67. The van der Waals surface area contributed by atoms with Crippen molar-refractivity contribution in [3.05, 3.63) is 116 Å². The number of anilines is 1. The van der Waals surface area contributed by atoms with Gasteiger partial charge in [0.2, 0.25) is 0 Å². The number of fused-ring (bicyclic) bond motifs is 3. The molecule has 154 valence electrons. The van der Waals surface area contributed by atoms with Crippen LogP contribution >= 0.6 is 11.6 Å². The molecule has 31 heavy (non-hydrogen) atoms. The fourth-order valence-corrected chi connectivity index (χ4v) is 4.98. The number of hydrogen-bond donors (Lipinski definition) is 1. The maximum atomic E-state index is 13.3. The van der Waals surface area contributed by atoms with E-state index in [0.717, 1.165) is 23.2 Å². The minimum atomic E-state index is -0.380. The highest BCUT2D eigenvalue weighted by atomic mass is 35.5. The first-order chi connectivity index (χ1) is 15.0. The molecule has 1 heterocycles. The van der Waals surface area contributed by atoms with Crippen molar-refractivity contribution in [2.45, 2.75) is 18.4 Å². The summed E-state index contributed by atoms with van der Waals surface area (Å²) in [5.74, 6) is 0.166. The van der Waals surface area contributed by atoms with Gasteiger partial charge >= 0.3 is 0 Å². The molecule has 0 radical (unpaired) electrons. The van der Waals surface area contributed by atoms with Crippen LogP contribution in [-0.2, 0) is 0 Å². The second-order valence-electron chi connectivity index (χ2n) is 7.94. The van der Waals surface area contributed by atoms with E-state index in [4.69, 9.17) is 11.6 Å². The van der Waals surface area contributed by atoms with E-state index in [1.807, 2.05) is 30.3 Å². The Balaban J connectivity index is 1.64. The fourth-order valence-electron chi connectivity index (χ4n) is 4.75. The second-order valence-corrected chi connectivity index (χ2v) is 8.38. The maximum Gasteiger partial charge on any atom is 0.269 e. The highest BCUT2D eigenvalue weighted by molar-refractivity contribution is 6.31. The van der Waals surface area contributed by atoms with Crippen molar-refractivity contribution in [3.8, 4) is 0 Å². The summed E-state index contributed by atoms with van der Waals surface area (Å²) < 4.78 is 0. The number of hydrogen-bond acceptors (Lipinski definition) is 4. The quantitative estimate of drug-likeness (QED) is 0.228. The van der Waals surface area contributed by atoms with E-state index in [-0.39, 0.29) is 34.3 Å². The number of rotatable bonds is 4. The zero-order valence-electron chi connectivity index (χ0n) is 16.5. The van der Waals surface area contributed by atoms with Gasteiger partial charge in [-0.25, -0.2) is 0 Å². The Labute approximate surface area is 184 Å². The normalized spacial score (nSPS) is 21.1. The third-order valence-corrected chi connectivity index (χ3v) is 6.37. The molecule has 0 amide bonds. The zero-order chi connectivity index (χ0) is 21.5. The highest BCUT2D eigenvalue weighted by Crippen LogP contribution is 2.51. The Morgan fingerprint density at radius 2 is 1.87 bits per heavy atom. The third kappa shape index (κ3) is 3.41. The molecule has 5 nitrogen and oxygen atoms in total. The van der Waals surface area contributed by atoms with Gasteiger partial charge in [-0.3, -0.25) is 14.9 Å². The summed E-state index contributed by atoms with van der Waals surface area (Å²) in [5, 5.41) is 15.4. The van der Waals surface area contributed by atoms with Crippen LogP contribution < -0.4 is 5.32 Å². The van der Waals surface area contributed by atoms with Crippen molar-refractivity contribution in [1.29, 1.82) is 0 Å². The molecule has 1 aliphatic heterocycles. The predicted molar refractivity (Wildman–Crippen MR) is 121 cm³/mol. The summed E-state index contributed by atoms with van der Waals surface area (Å²) >= 11 is 6.43. The van der Waals surface area contributed by atoms with E-state index in [2.05, 4.69) is 17.5 Å². The van der Waals surface area contributed by atoms with Crippen molar-refractivity contribution < 1.29 is 9.72 Å². The molecular formula is C25H19ClN2O3. The average Bonchev–Trinajstić information content (AvgIpc) is 3.29. The van der Waals surface area contributed by atoms with E-state index in [1.165, 1.54) is 6.07 Å². The standard InChI is InChI=1S/C25H19ClN2O3/c26-17-13-21-19-10-5-11-20(19)23(16-8-4-9-18(12-16)28(30)31)27-24(21)22(14-17)25(29)15-6-2-1-3-7-15/h1-10,12-14,19-20,23,27H,11H2/t19-,20-,23-/m0/s1. The van der Waals surface area contributed by atoms with E-state index < -0.39 is 0 Å². The van der Waals surface area contributed by atoms with Gasteiger partial charge in [0.1, 0.15) is 0 Å². The molecule has 5 rings (SSSR count). The van der Waals surface area contributed by atoms with Crippen LogP contribution in [0.1, 0.15) is 45.4 Å². The Bertz CT molecular complexity index is 1220. The SMILES string of the molecule is O=C(c1ccccc1)c1cc(Cl)cc2c1N[C@@H](c1cccc([N+](=O)[O-])c1)[C@H]1CC=C[C@H]21. The van der Waals surface area contributed by atoms with Crippen molar-refractivity contribution in [1.82, 2.24) is 0 Å². The number of carbonyl (C=O) groups excluding carboxylic acids is 1. The Morgan fingerprint density at radius 3 is 2.65 bits per heavy atom. The molecule has 0 spiro atoms. The maximum absolute atomic E-state index is 13.3. The largest absolute Gasteiger partial charge is 0.377 e. The van der Waals surface area contributed by atoms with Gasteiger partial charge in [-0.05, 0) is 35.6 Å². The molecule has 0 unspecified atom stereocenters. The number of carbonyl (C=O) groups is 1. The van der Waals surface area contributed by atoms with Gasteiger partial charge in [0.05, 0.1) is 11.0 Å². The number of allylic oxidation sites excluding steroid dienone is 2. The molecule has 3 aromatic carbocycles. The molecule has 6 heteroatoms. The molecule has 0 fully saturated rings. The van der Waals surface area contributed by atoms with Gasteiger partial charge in [0, 0.05) is 39.9 Å². The Hall–Kier alpha value is -3.44. The minimum absolute atomic E-state index is 0.0595. The number of halogens is 1. The number of nitro groups is 1. The lowest BCUT2D eigenvalue weighted by atomic mass is 9.76. The molecule has 2 aliphatic rings. The lowest BCUT2D eigenvalue weighted by Gasteiger charge is -2.38. The molecule has 1 N–H and O–H groups in total. The van der Waals surface area contributed by atoms with Gasteiger partial charge in [-0.1, -0.05) is 66.2 Å². The summed E-state index contributed by atoms with van der Waals surface area (Å²) in [5.41, 5.74) is 3.75. The first-order valence-corrected chi connectivity index (χ1v) is 10.5. The van der Waals surface area contributed by atoms with Crippen molar-refractivity contribution in [2.75, 3.05) is 5.32 Å². The molecular weight excluding hydrogens is 412 g/mol. The topological polar surface area (TPSA) is 72.2 Å². The first kappa shape index (κ1) is 19.5. The number of nitrogens with zero attached hydrogens (tertiary/aromatic N) is 1. The molecule has 0 saturated heterocycles. The Kier molecular flexibility index (Phi) is 4.83. The number of ketones is 1. The van der Waals surface area contributed by atoms with E-state index in [0.29, 0.717) is 16.1 Å². The van der Waals surface area contributed by atoms with Crippen LogP contribution in [0.25, 0.3) is 0 Å². The van der Waals surface area contributed by atoms with Crippen LogP contribution in [0.5, 0.6) is 0 Å². The highest BCUT2D eigenvalue weighted by Gasteiger charge is 2.40. The summed E-state index contributed by atoms with van der Waals surface area (Å²) in [7, 11) is 0. The van der Waals surface area contributed by atoms with Gasteiger partial charge in [-0.15, -0.1) is 0 Å². The third-order valence-electron chi connectivity index (χ3n) is 6.15. The molecule has 3 atom stereocenters. The van der Waals surface area contributed by atoms with Crippen LogP contribution in [0.2, 0.25) is 5.02 Å². The summed E-state index contributed by atoms with van der Waals surface area (Å²) in [6, 6.07) is 19.3. The van der Waals surface area contributed by atoms with Gasteiger partial charge in [0.25, 0.3) is 5.69 Å². The van der Waals surface area contributed by atoms with Gasteiger partial charge < -0.3 is 5.32 Å². The van der Waals surface area contributed by atoms with E-state index in [9.17, 15) is 14.9 Å². The molecule has 1 aliphatic carbocycles. The zero-order valence-corrected chi connectivity index (χ0v) is 17.3. The minimum Gasteiger partial charge on any atom is -0.377 e. The summed E-state index contributed by atoms with van der Waals surface area (Å²) in [6.07, 6.45) is 5.14. The molecule has 0 aromatic heterocycles. The lowest BCUT2D eigenvalue weighted by molar-refractivity contribution is -0.384.